The van der Waals surface area contributed by atoms with Crippen LogP contribution in [0, 0.1) is 5.92 Å². The molecule has 5 nitrogen and oxygen atoms in total. The van der Waals surface area contributed by atoms with Crippen molar-refractivity contribution in [1.29, 1.82) is 0 Å². The zero-order valence-corrected chi connectivity index (χ0v) is 10.0. The van der Waals surface area contributed by atoms with Gasteiger partial charge >= 0.3 is 7.82 Å². The van der Waals surface area contributed by atoms with Crippen molar-refractivity contribution in [2.24, 2.45) is 5.92 Å². The van der Waals surface area contributed by atoms with Crippen LogP contribution < -0.4 is 0 Å². The summed E-state index contributed by atoms with van der Waals surface area (Å²) in [5, 5.41) is 0. The minimum atomic E-state index is -3.94. The minimum absolute atomic E-state index is 0.224. The van der Waals surface area contributed by atoms with E-state index in [0.29, 0.717) is 6.42 Å². The van der Waals surface area contributed by atoms with Crippen molar-refractivity contribution in [3.63, 3.8) is 0 Å². The Labute approximate surface area is 91.1 Å². The average Bonchev–Trinajstić information content (AvgIpc) is 2.47. The number of hydrogen-bond donors (Lipinski definition) is 1. The van der Waals surface area contributed by atoms with Crippen LogP contribution in [0.2, 0.25) is 0 Å². The van der Waals surface area contributed by atoms with Crippen molar-refractivity contribution < 1.29 is 23.2 Å². The summed E-state index contributed by atoms with van der Waals surface area (Å²) >= 11 is 0. The van der Waals surface area contributed by atoms with Crippen molar-refractivity contribution in [3.8, 4) is 0 Å². The molecule has 0 aromatic rings. The van der Waals surface area contributed by atoms with E-state index in [1.807, 2.05) is 6.92 Å². The SMILES string of the molecule is [B]C1OC(C(C)OP(=O)(O)OC)CC1C. The molecular weight excluding hydrogens is 218 g/mol. The molecule has 0 aromatic carbocycles. The van der Waals surface area contributed by atoms with E-state index >= 15 is 0 Å². The van der Waals surface area contributed by atoms with Gasteiger partial charge < -0.3 is 9.63 Å². The molecule has 1 N–H and O–H groups in total. The van der Waals surface area contributed by atoms with E-state index in [9.17, 15) is 4.57 Å². The van der Waals surface area contributed by atoms with Crippen LogP contribution in [-0.2, 0) is 18.3 Å². The number of ether oxygens (including phenoxy) is 1. The second-order valence-corrected chi connectivity index (χ2v) is 5.33. The van der Waals surface area contributed by atoms with Gasteiger partial charge in [0.1, 0.15) is 7.85 Å². The van der Waals surface area contributed by atoms with E-state index in [1.165, 1.54) is 0 Å². The Hall–Kier alpha value is 0.135. The van der Waals surface area contributed by atoms with Crippen LogP contribution in [0.5, 0.6) is 0 Å². The summed E-state index contributed by atoms with van der Waals surface area (Å²) in [6.45, 7) is 3.63. The summed E-state index contributed by atoms with van der Waals surface area (Å²) in [5.74, 6) is 0.224. The van der Waals surface area contributed by atoms with Gasteiger partial charge in [0, 0.05) is 13.1 Å². The lowest BCUT2D eigenvalue weighted by Crippen LogP contribution is -2.26. The lowest BCUT2D eigenvalue weighted by atomic mass is 9.87. The molecule has 15 heavy (non-hydrogen) atoms. The van der Waals surface area contributed by atoms with Gasteiger partial charge in [-0.15, -0.1) is 0 Å². The fourth-order valence-corrected chi connectivity index (χ4v) is 2.16. The summed E-state index contributed by atoms with van der Waals surface area (Å²) in [5.41, 5.74) is 0. The van der Waals surface area contributed by atoms with E-state index < -0.39 is 13.9 Å². The van der Waals surface area contributed by atoms with Crippen LogP contribution in [0.3, 0.4) is 0 Å². The lowest BCUT2D eigenvalue weighted by Gasteiger charge is -2.21. The Bertz CT molecular complexity index is 251. The second-order valence-electron chi connectivity index (χ2n) is 3.81. The Morgan fingerprint density at radius 1 is 1.67 bits per heavy atom. The third-order valence-corrected chi connectivity index (χ3v) is 3.61. The van der Waals surface area contributed by atoms with Crippen LogP contribution in [-0.4, -0.2) is 38.1 Å². The minimum Gasteiger partial charge on any atom is -0.382 e. The summed E-state index contributed by atoms with van der Waals surface area (Å²) in [6.07, 6.45) is -0.0612. The molecular formula is C8H16BO5P. The first-order valence-electron chi connectivity index (χ1n) is 4.83. The highest BCUT2D eigenvalue weighted by molar-refractivity contribution is 7.47. The smallest absolute Gasteiger partial charge is 0.382 e. The standard InChI is InChI=1S/C8H16BO5P/c1-5-4-7(13-8(5)9)6(2)14-15(10,11)12-3/h5-8H,4H2,1-3H3,(H,10,11). The predicted octanol–water partition coefficient (Wildman–Crippen LogP) is 1.06. The maximum absolute atomic E-state index is 11.1. The van der Waals surface area contributed by atoms with Gasteiger partial charge in [-0.05, 0) is 19.3 Å². The molecule has 0 bridgehead atoms. The zero-order chi connectivity index (χ0) is 11.6. The fourth-order valence-electron chi connectivity index (χ4n) is 1.52. The first-order valence-corrected chi connectivity index (χ1v) is 6.33. The molecule has 0 aromatic heterocycles. The Balaban J connectivity index is 2.49. The number of phosphoric acid groups is 1. The molecule has 1 saturated heterocycles. The molecule has 1 rings (SSSR count). The molecule has 5 atom stereocenters. The van der Waals surface area contributed by atoms with E-state index in [4.69, 9.17) is 22.0 Å². The van der Waals surface area contributed by atoms with Gasteiger partial charge in [-0.25, -0.2) is 4.57 Å². The highest BCUT2D eigenvalue weighted by Gasteiger charge is 2.35. The molecule has 2 radical (unpaired) electrons. The summed E-state index contributed by atoms with van der Waals surface area (Å²) in [7, 11) is 2.84. The van der Waals surface area contributed by atoms with Crippen LogP contribution >= 0.6 is 7.82 Å². The van der Waals surface area contributed by atoms with Crippen molar-refractivity contribution in [2.75, 3.05) is 7.11 Å². The van der Waals surface area contributed by atoms with Crippen LogP contribution in [0.1, 0.15) is 20.3 Å². The number of phosphoric ester groups is 1. The Morgan fingerprint density at radius 3 is 2.67 bits per heavy atom. The van der Waals surface area contributed by atoms with Gasteiger partial charge in [-0.2, -0.15) is 0 Å². The summed E-state index contributed by atoms with van der Waals surface area (Å²) in [4.78, 5) is 9.11. The Kier molecular flexibility index (Phi) is 4.38. The number of rotatable bonds is 4. The van der Waals surface area contributed by atoms with E-state index in [1.54, 1.807) is 6.92 Å². The van der Waals surface area contributed by atoms with Crippen molar-refractivity contribution in [2.45, 2.75) is 38.5 Å². The normalized spacial score (nSPS) is 37.5. The third-order valence-electron chi connectivity index (χ3n) is 2.55. The maximum atomic E-state index is 11.1. The van der Waals surface area contributed by atoms with Gasteiger partial charge in [0.15, 0.2) is 0 Å². The van der Waals surface area contributed by atoms with Gasteiger partial charge in [0.2, 0.25) is 0 Å². The largest absolute Gasteiger partial charge is 0.472 e. The first-order chi connectivity index (χ1) is 6.85. The van der Waals surface area contributed by atoms with Gasteiger partial charge in [0.25, 0.3) is 0 Å². The van der Waals surface area contributed by atoms with Crippen molar-refractivity contribution in [3.05, 3.63) is 0 Å². The topological polar surface area (TPSA) is 65.0 Å². The molecule has 0 saturated carbocycles. The highest BCUT2D eigenvalue weighted by atomic mass is 31.2. The van der Waals surface area contributed by atoms with E-state index in [0.717, 1.165) is 7.11 Å². The van der Waals surface area contributed by atoms with Gasteiger partial charge in [0.05, 0.1) is 12.2 Å². The molecule has 7 heteroatoms. The number of hydrogen-bond acceptors (Lipinski definition) is 4. The molecule has 0 spiro atoms. The van der Waals surface area contributed by atoms with E-state index in [-0.39, 0.29) is 18.0 Å². The zero-order valence-electron chi connectivity index (χ0n) is 9.12. The average molecular weight is 234 g/mol. The molecule has 1 aliphatic heterocycles. The molecule has 1 heterocycles. The predicted molar refractivity (Wildman–Crippen MR) is 55.6 cm³/mol. The monoisotopic (exact) mass is 234 g/mol. The van der Waals surface area contributed by atoms with Crippen LogP contribution in [0.25, 0.3) is 0 Å². The quantitative estimate of drug-likeness (QED) is 0.581. The second kappa shape index (κ2) is 4.98. The van der Waals surface area contributed by atoms with Crippen molar-refractivity contribution >= 4 is 15.7 Å². The lowest BCUT2D eigenvalue weighted by molar-refractivity contribution is -0.00693. The Morgan fingerprint density at radius 2 is 2.27 bits per heavy atom. The fraction of sp³-hybridized carbons (Fsp3) is 1.00. The van der Waals surface area contributed by atoms with Gasteiger partial charge in [-0.3, -0.25) is 9.05 Å². The summed E-state index contributed by atoms with van der Waals surface area (Å²) < 4.78 is 25.7. The van der Waals surface area contributed by atoms with Crippen molar-refractivity contribution in [1.82, 2.24) is 0 Å². The molecule has 1 aliphatic rings. The molecule has 0 amide bonds. The van der Waals surface area contributed by atoms with Crippen LogP contribution in [0.15, 0.2) is 0 Å². The molecule has 1 fully saturated rings. The van der Waals surface area contributed by atoms with Crippen LogP contribution in [0.4, 0.5) is 0 Å². The molecule has 5 unspecified atom stereocenters. The van der Waals surface area contributed by atoms with Gasteiger partial charge in [-0.1, -0.05) is 6.92 Å². The highest BCUT2D eigenvalue weighted by Crippen LogP contribution is 2.45. The third kappa shape index (κ3) is 3.57. The molecule has 86 valence electrons. The maximum Gasteiger partial charge on any atom is 0.472 e. The first kappa shape index (κ1) is 13.2. The van der Waals surface area contributed by atoms with E-state index in [2.05, 4.69) is 4.52 Å². The molecule has 0 aliphatic carbocycles. The summed E-state index contributed by atoms with van der Waals surface area (Å²) in [6, 6.07) is -0.332.